The topological polar surface area (TPSA) is 27.6 Å². The van der Waals surface area contributed by atoms with Gasteiger partial charge in [0.1, 0.15) is 0 Å². The van der Waals surface area contributed by atoms with Crippen molar-refractivity contribution in [1.82, 2.24) is 10.5 Å². The minimum absolute atomic E-state index is 0.608. The molecule has 0 saturated carbocycles. The van der Waals surface area contributed by atoms with E-state index in [1.807, 2.05) is 6.21 Å². The van der Waals surface area contributed by atoms with Crippen LogP contribution in [0.25, 0.3) is 0 Å². The van der Waals surface area contributed by atoms with Gasteiger partial charge < -0.3 is 0 Å². The van der Waals surface area contributed by atoms with Crippen molar-refractivity contribution in [1.29, 1.82) is 0 Å². The maximum Gasteiger partial charge on any atom is 0.0569 e. The molecule has 1 aliphatic heterocycles. The molecule has 1 N–H and O–H groups in total. The van der Waals surface area contributed by atoms with Crippen LogP contribution in [-0.4, -0.2) is 23.8 Å². The number of hydrazine groups is 1. The van der Waals surface area contributed by atoms with Gasteiger partial charge in [0.2, 0.25) is 0 Å². The third kappa shape index (κ3) is 8.25. The van der Waals surface area contributed by atoms with Crippen LogP contribution in [0, 0.1) is 0 Å². The Morgan fingerprint density at radius 3 is 2.11 bits per heavy atom. The molecule has 0 radical (unpaired) electrons. The standard InChI is InChI=1S/C16H33N3/c1-3-4-5-6-7-8-9-10-11-12-13-16(2)19-15-14-17-18-19/h14,16,18H,3-13,15H2,1-2H3. The van der Waals surface area contributed by atoms with E-state index in [-0.39, 0.29) is 0 Å². The maximum absolute atomic E-state index is 4.04. The van der Waals surface area contributed by atoms with E-state index in [9.17, 15) is 0 Å². The van der Waals surface area contributed by atoms with Gasteiger partial charge in [-0.15, -0.1) is 0 Å². The van der Waals surface area contributed by atoms with Crippen molar-refractivity contribution < 1.29 is 0 Å². The maximum atomic E-state index is 4.04. The lowest BCUT2D eigenvalue weighted by Crippen LogP contribution is -2.38. The number of nitrogens with zero attached hydrogens (tertiary/aromatic N) is 2. The number of hydrogen-bond acceptors (Lipinski definition) is 3. The van der Waals surface area contributed by atoms with E-state index in [4.69, 9.17) is 0 Å². The average molecular weight is 267 g/mol. The number of hydrogen-bond donors (Lipinski definition) is 1. The molecule has 0 bridgehead atoms. The molecule has 19 heavy (non-hydrogen) atoms. The summed E-state index contributed by atoms with van der Waals surface area (Å²) in [5.41, 5.74) is 3.04. The highest BCUT2D eigenvalue weighted by Crippen LogP contribution is 2.13. The highest BCUT2D eigenvalue weighted by Gasteiger charge is 2.14. The summed E-state index contributed by atoms with van der Waals surface area (Å²) < 4.78 is 0. The van der Waals surface area contributed by atoms with Crippen LogP contribution >= 0.6 is 0 Å². The monoisotopic (exact) mass is 267 g/mol. The lowest BCUT2D eigenvalue weighted by atomic mass is 10.0. The molecule has 0 saturated heterocycles. The van der Waals surface area contributed by atoms with Gasteiger partial charge in [-0.1, -0.05) is 71.1 Å². The highest BCUT2D eigenvalue weighted by molar-refractivity contribution is 5.60. The van der Waals surface area contributed by atoms with E-state index in [0.29, 0.717) is 6.04 Å². The Morgan fingerprint density at radius 1 is 1.00 bits per heavy atom. The number of hydrazone groups is 1. The molecule has 1 rings (SSSR count). The second-order valence-electron chi connectivity index (χ2n) is 5.88. The molecule has 0 amide bonds. The minimum Gasteiger partial charge on any atom is -0.240 e. The van der Waals surface area contributed by atoms with Crippen molar-refractivity contribution >= 4 is 6.21 Å². The fourth-order valence-electron chi connectivity index (χ4n) is 2.65. The van der Waals surface area contributed by atoms with Crippen molar-refractivity contribution in [2.24, 2.45) is 5.10 Å². The van der Waals surface area contributed by atoms with Crippen molar-refractivity contribution in [2.75, 3.05) is 6.54 Å². The molecular formula is C16H33N3. The van der Waals surface area contributed by atoms with Crippen LogP contribution in [-0.2, 0) is 0 Å². The van der Waals surface area contributed by atoms with Crippen molar-refractivity contribution in [3.63, 3.8) is 0 Å². The summed E-state index contributed by atoms with van der Waals surface area (Å²) in [4.78, 5) is 0. The van der Waals surface area contributed by atoms with Gasteiger partial charge in [0, 0.05) is 12.3 Å². The van der Waals surface area contributed by atoms with Crippen LogP contribution in [0.2, 0.25) is 0 Å². The lowest BCUT2D eigenvalue weighted by Gasteiger charge is -2.22. The van der Waals surface area contributed by atoms with E-state index >= 15 is 0 Å². The van der Waals surface area contributed by atoms with Gasteiger partial charge in [-0.2, -0.15) is 10.1 Å². The van der Waals surface area contributed by atoms with Crippen molar-refractivity contribution in [2.45, 2.75) is 90.5 Å². The Hall–Kier alpha value is -0.570. The molecule has 0 aliphatic carbocycles. The Labute approximate surface area is 119 Å². The van der Waals surface area contributed by atoms with Crippen LogP contribution in [0.5, 0.6) is 0 Å². The van der Waals surface area contributed by atoms with Gasteiger partial charge in [-0.3, -0.25) is 0 Å². The predicted molar refractivity (Wildman–Crippen MR) is 84.3 cm³/mol. The summed E-state index contributed by atoms with van der Waals surface area (Å²) in [5, 5.41) is 6.25. The van der Waals surface area contributed by atoms with E-state index in [0.717, 1.165) is 6.54 Å². The van der Waals surface area contributed by atoms with Crippen LogP contribution in [0.15, 0.2) is 5.10 Å². The Bertz CT molecular complexity index is 220. The number of nitrogens with one attached hydrogen (secondary N) is 1. The third-order valence-electron chi connectivity index (χ3n) is 4.06. The zero-order chi connectivity index (χ0) is 13.8. The molecule has 0 aromatic heterocycles. The quantitative estimate of drug-likeness (QED) is 0.527. The molecule has 1 aliphatic rings. The van der Waals surface area contributed by atoms with Gasteiger partial charge in [0.15, 0.2) is 0 Å². The summed E-state index contributed by atoms with van der Waals surface area (Å²) in [7, 11) is 0. The first-order valence-electron chi connectivity index (χ1n) is 8.38. The lowest BCUT2D eigenvalue weighted by molar-refractivity contribution is 0.169. The van der Waals surface area contributed by atoms with Gasteiger partial charge in [-0.05, 0) is 13.3 Å². The van der Waals surface area contributed by atoms with Crippen LogP contribution in [0.4, 0.5) is 0 Å². The molecule has 0 aromatic carbocycles. The van der Waals surface area contributed by atoms with Crippen LogP contribution in [0.1, 0.15) is 84.5 Å². The molecule has 1 atom stereocenters. The number of unbranched alkanes of at least 4 members (excludes halogenated alkanes) is 9. The summed E-state index contributed by atoms with van der Waals surface area (Å²) in [6, 6.07) is 0.608. The minimum atomic E-state index is 0.608. The van der Waals surface area contributed by atoms with E-state index in [1.165, 1.54) is 70.6 Å². The molecule has 0 aromatic rings. The van der Waals surface area contributed by atoms with E-state index in [1.54, 1.807) is 0 Å². The van der Waals surface area contributed by atoms with E-state index in [2.05, 4.69) is 29.5 Å². The van der Waals surface area contributed by atoms with Gasteiger partial charge in [0.25, 0.3) is 0 Å². The smallest absolute Gasteiger partial charge is 0.0569 e. The summed E-state index contributed by atoms with van der Waals surface area (Å²) in [6.07, 6.45) is 17.4. The molecule has 112 valence electrons. The second kappa shape index (κ2) is 11.3. The molecule has 0 spiro atoms. The summed E-state index contributed by atoms with van der Waals surface area (Å²) >= 11 is 0. The van der Waals surface area contributed by atoms with Crippen molar-refractivity contribution in [3.8, 4) is 0 Å². The first-order valence-corrected chi connectivity index (χ1v) is 8.38. The first-order chi connectivity index (χ1) is 9.34. The first kappa shape index (κ1) is 16.5. The van der Waals surface area contributed by atoms with Gasteiger partial charge >= 0.3 is 0 Å². The van der Waals surface area contributed by atoms with Crippen LogP contribution < -0.4 is 5.53 Å². The fourth-order valence-corrected chi connectivity index (χ4v) is 2.65. The third-order valence-corrected chi connectivity index (χ3v) is 4.06. The molecule has 1 heterocycles. The second-order valence-corrected chi connectivity index (χ2v) is 5.88. The predicted octanol–water partition coefficient (Wildman–Crippen LogP) is 4.49. The average Bonchev–Trinajstić information content (AvgIpc) is 2.95. The molecule has 1 unspecified atom stereocenters. The summed E-state index contributed by atoms with van der Waals surface area (Å²) in [6.45, 7) is 5.53. The molecule has 0 fully saturated rings. The fraction of sp³-hybridized carbons (Fsp3) is 0.938. The number of rotatable bonds is 12. The molecular weight excluding hydrogens is 234 g/mol. The van der Waals surface area contributed by atoms with Gasteiger partial charge in [-0.25, -0.2) is 5.53 Å². The Morgan fingerprint density at radius 2 is 1.58 bits per heavy atom. The zero-order valence-corrected chi connectivity index (χ0v) is 13.0. The van der Waals surface area contributed by atoms with Gasteiger partial charge in [0.05, 0.1) is 6.54 Å². The summed E-state index contributed by atoms with van der Waals surface area (Å²) in [5.74, 6) is 0. The Kier molecular flexibility index (Phi) is 9.78. The largest absolute Gasteiger partial charge is 0.240 e. The Balaban J connectivity index is 1.78. The molecule has 3 nitrogen and oxygen atoms in total. The zero-order valence-electron chi connectivity index (χ0n) is 13.0. The normalized spacial score (nSPS) is 16.7. The van der Waals surface area contributed by atoms with Crippen LogP contribution in [0.3, 0.4) is 0 Å². The SMILES string of the molecule is CCCCCCCCCCCCC(C)N1CC=NN1. The highest BCUT2D eigenvalue weighted by atomic mass is 15.7. The van der Waals surface area contributed by atoms with E-state index < -0.39 is 0 Å². The molecule has 3 heteroatoms. The van der Waals surface area contributed by atoms with Crippen molar-refractivity contribution in [3.05, 3.63) is 0 Å².